The molecule has 3 heterocycles. The van der Waals surface area contributed by atoms with Gasteiger partial charge in [-0.15, -0.1) is 0 Å². The third-order valence-corrected chi connectivity index (χ3v) is 6.09. The Kier molecular flexibility index (Phi) is 4.74. The molecule has 3 N–H and O–H groups in total. The fraction of sp³-hybridized carbons (Fsp3) is 0.550. The van der Waals surface area contributed by atoms with Gasteiger partial charge in [0.05, 0.1) is 0 Å². The van der Waals surface area contributed by atoms with Gasteiger partial charge in [-0.1, -0.05) is 18.2 Å². The summed E-state index contributed by atoms with van der Waals surface area (Å²) in [6.45, 7) is 5.14. The van der Waals surface area contributed by atoms with Gasteiger partial charge in [-0.3, -0.25) is 24.6 Å². The molecule has 144 valence electrons. The van der Waals surface area contributed by atoms with Crippen molar-refractivity contribution in [2.24, 2.45) is 11.7 Å². The minimum atomic E-state index is -0.565. The highest BCUT2D eigenvalue weighted by molar-refractivity contribution is 6.05. The number of nitrogens with one attached hydrogen (secondary N) is 1. The molecule has 0 aromatic heterocycles. The lowest BCUT2D eigenvalue weighted by Crippen LogP contribution is -2.52. The van der Waals surface area contributed by atoms with Crippen LogP contribution in [0.15, 0.2) is 18.2 Å². The molecule has 7 nitrogen and oxygen atoms in total. The van der Waals surface area contributed by atoms with Gasteiger partial charge in [-0.05, 0) is 43.4 Å². The highest BCUT2D eigenvalue weighted by Crippen LogP contribution is 2.31. The number of piperidine rings is 1. The van der Waals surface area contributed by atoms with E-state index in [2.05, 4.69) is 17.1 Å². The fourth-order valence-corrected chi connectivity index (χ4v) is 4.50. The Bertz CT molecular complexity index is 791. The molecular formula is C20H26N4O3. The Morgan fingerprint density at radius 3 is 2.78 bits per heavy atom. The van der Waals surface area contributed by atoms with Gasteiger partial charge in [0.1, 0.15) is 6.04 Å². The van der Waals surface area contributed by atoms with Crippen molar-refractivity contribution in [3.8, 4) is 0 Å². The second-order valence-corrected chi connectivity index (χ2v) is 7.99. The van der Waals surface area contributed by atoms with Crippen LogP contribution >= 0.6 is 0 Å². The molecule has 2 saturated heterocycles. The average Bonchev–Trinajstić information content (AvgIpc) is 3.21. The first-order chi connectivity index (χ1) is 12.9. The molecule has 1 aromatic carbocycles. The second-order valence-electron chi connectivity index (χ2n) is 7.99. The lowest BCUT2D eigenvalue weighted by molar-refractivity contribution is -0.136. The van der Waals surface area contributed by atoms with Gasteiger partial charge in [0.2, 0.25) is 11.8 Å². The van der Waals surface area contributed by atoms with Crippen molar-refractivity contribution in [1.29, 1.82) is 0 Å². The van der Waals surface area contributed by atoms with Crippen LogP contribution in [0.4, 0.5) is 0 Å². The summed E-state index contributed by atoms with van der Waals surface area (Å²) in [5.41, 5.74) is 8.74. The monoisotopic (exact) mass is 370 g/mol. The van der Waals surface area contributed by atoms with Gasteiger partial charge in [-0.25, -0.2) is 0 Å². The number of carbonyl (C=O) groups is 3. The number of benzene rings is 1. The number of hydrogen-bond acceptors (Lipinski definition) is 5. The van der Waals surface area contributed by atoms with E-state index < -0.39 is 6.04 Å². The number of carbonyl (C=O) groups excluding carboxylic acids is 3. The molecule has 0 bridgehead atoms. The molecule has 27 heavy (non-hydrogen) atoms. The van der Waals surface area contributed by atoms with Crippen molar-refractivity contribution < 1.29 is 14.4 Å². The first-order valence-electron chi connectivity index (χ1n) is 9.67. The summed E-state index contributed by atoms with van der Waals surface area (Å²) in [6.07, 6.45) is 1.75. The smallest absolute Gasteiger partial charge is 0.255 e. The van der Waals surface area contributed by atoms with Crippen LogP contribution in [0.1, 0.15) is 47.7 Å². The van der Waals surface area contributed by atoms with Crippen molar-refractivity contribution in [1.82, 2.24) is 15.1 Å². The lowest BCUT2D eigenvalue weighted by atomic mass is 10.0. The van der Waals surface area contributed by atoms with Crippen LogP contribution in [0.25, 0.3) is 0 Å². The molecule has 3 unspecified atom stereocenters. The maximum atomic E-state index is 13.1. The van der Waals surface area contributed by atoms with Crippen LogP contribution in [0, 0.1) is 5.92 Å². The van der Waals surface area contributed by atoms with E-state index in [0.29, 0.717) is 18.9 Å². The summed E-state index contributed by atoms with van der Waals surface area (Å²) in [5.74, 6) is -0.234. The third kappa shape index (κ3) is 3.37. The molecule has 0 spiro atoms. The predicted octanol–water partition coefficient (Wildman–Crippen LogP) is 0.617. The molecule has 0 aliphatic carbocycles. The summed E-state index contributed by atoms with van der Waals surface area (Å²) in [6, 6.07) is 5.56. The van der Waals surface area contributed by atoms with E-state index in [9.17, 15) is 14.4 Å². The zero-order valence-electron chi connectivity index (χ0n) is 15.6. The standard InChI is InChI=1S/C20H26N4O3/c1-12(21)13-7-8-23(9-13)10-14-3-2-4-15-11-24(20(27)18(14)15)16-5-6-17(25)22-19(16)26/h2-4,12-13,16H,5-11,21H2,1H3,(H,22,25,26). The molecule has 4 rings (SSSR count). The topological polar surface area (TPSA) is 95.7 Å². The van der Waals surface area contributed by atoms with Gasteiger partial charge in [0.15, 0.2) is 0 Å². The van der Waals surface area contributed by atoms with E-state index in [0.717, 1.165) is 42.7 Å². The van der Waals surface area contributed by atoms with Gasteiger partial charge in [0.25, 0.3) is 5.91 Å². The van der Waals surface area contributed by atoms with E-state index >= 15 is 0 Å². The summed E-state index contributed by atoms with van der Waals surface area (Å²) in [7, 11) is 0. The van der Waals surface area contributed by atoms with Crippen LogP contribution < -0.4 is 11.1 Å². The van der Waals surface area contributed by atoms with E-state index in [1.165, 1.54) is 0 Å². The molecule has 0 saturated carbocycles. The van der Waals surface area contributed by atoms with Gasteiger partial charge >= 0.3 is 0 Å². The van der Waals surface area contributed by atoms with Crippen molar-refractivity contribution in [2.45, 2.75) is 51.4 Å². The highest BCUT2D eigenvalue weighted by atomic mass is 16.2. The van der Waals surface area contributed by atoms with Crippen LogP contribution in [-0.4, -0.2) is 52.7 Å². The molecule has 7 heteroatoms. The molecule has 1 aromatic rings. The number of rotatable bonds is 4. The average molecular weight is 370 g/mol. The van der Waals surface area contributed by atoms with Crippen molar-refractivity contribution >= 4 is 17.7 Å². The van der Waals surface area contributed by atoms with Gasteiger partial charge in [0, 0.05) is 37.7 Å². The Hall–Kier alpha value is -2.25. The normalized spacial score (nSPS) is 27.0. The van der Waals surface area contributed by atoms with Crippen molar-refractivity contribution in [3.05, 3.63) is 34.9 Å². The molecular weight excluding hydrogens is 344 g/mol. The number of hydrogen-bond donors (Lipinski definition) is 2. The number of nitrogens with two attached hydrogens (primary N) is 1. The largest absolute Gasteiger partial charge is 0.328 e. The Morgan fingerprint density at radius 1 is 1.26 bits per heavy atom. The Balaban J connectivity index is 1.52. The molecule has 3 amide bonds. The zero-order chi connectivity index (χ0) is 19.1. The number of likely N-dealkylation sites (tertiary alicyclic amines) is 1. The van der Waals surface area contributed by atoms with Crippen LogP contribution in [0.3, 0.4) is 0 Å². The highest BCUT2D eigenvalue weighted by Gasteiger charge is 2.40. The molecule has 2 fully saturated rings. The van der Waals surface area contributed by atoms with E-state index in [-0.39, 0.29) is 30.2 Å². The zero-order valence-corrected chi connectivity index (χ0v) is 15.6. The summed E-state index contributed by atoms with van der Waals surface area (Å²) in [5, 5.41) is 2.35. The Morgan fingerprint density at radius 2 is 2.07 bits per heavy atom. The minimum Gasteiger partial charge on any atom is -0.328 e. The molecule has 0 radical (unpaired) electrons. The van der Waals surface area contributed by atoms with Gasteiger partial charge < -0.3 is 10.6 Å². The van der Waals surface area contributed by atoms with E-state index in [4.69, 9.17) is 5.73 Å². The summed E-state index contributed by atoms with van der Waals surface area (Å²) < 4.78 is 0. The lowest BCUT2D eigenvalue weighted by Gasteiger charge is -2.29. The number of nitrogens with zero attached hydrogens (tertiary/aromatic N) is 2. The number of imide groups is 1. The molecule has 3 aliphatic rings. The molecule has 3 atom stereocenters. The quantitative estimate of drug-likeness (QED) is 0.758. The SMILES string of the molecule is CC(N)C1CCN(Cc2cccc3c2C(=O)N(C2CCC(=O)NC2=O)C3)C1. The van der Waals surface area contributed by atoms with Crippen molar-refractivity contribution in [2.75, 3.05) is 13.1 Å². The maximum absolute atomic E-state index is 13.1. The van der Waals surface area contributed by atoms with Crippen LogP contribution in [-0.2, 0) is 22.7 Å². The number of fused-ring (bicyclic) bond motifs is 1. The first-order valence-corrected chi connectivity index (χ1v) is 9.67. The first kappa shape index (κ1) is 18.1. The molecule has 3 aliphatic heterocycles. The maximum Gasteiger partial charge on any atom is 0.255 e. The second kappa shape index (κ2) is 7.05. The van der Waals surface area contributed by atoms with Crippen LogP contribution in [0.5, 0.6) is 0 Å². The van der Waals surface area contributed by atoms with E-state index in [1.807, 2.05) is 18.2 Å². The van der Waals surface area contributed by atoms with E-state index in [1.54, 1.807) is 4.90 Å². The predicted molar refractivity (Wildman–Crippen MR) is 99.5 cm³/mol. The van der Waals surface area contributed by atoms with Crippen LogP contribution in [0.2, 0.25) is 0 Å². The minimum absolute atomic E-state index is 0.0990. The summed E-state index contributed by atoms with van der Waals surface area (Å²) >= 11 is 0. The fourth-order valence-electron chi connectivity index (χ4n) is 4.50. The summed E-state index contributed by atoms with van der Waals surface area (Å²) in [4.78, 5) is 40.7. The van der Waals surface area contributed by atoms with Gasteiger partial charge in [-0.2, -0.15) is 0 Å². The number of amides is 3. The Labute approximate surface area is 158 Å². The van der Waals surface area contributed by atoms with Crippen molar-refractivity contribution in [3.63, 3.8) is 0 Å². The third-order valence-electron chi connectivity index (χ3n) is 6.09.